The predicted molar refractivity (Wildman–Crippen MR) is 41.5 cm³/mol. The van der Waals surface area contributed by atoms with E-state index in [1.54, 1.807) is 0 Å². The van der Waals surface area contributed by atoms with Crippen molar-refractivity contribution in [3.63, 3.8) is 0 Å². The second-order valence-corrected chi connectivity index (χ2v) is 2.09. The molecule has 12 heavy (non-hydrogen) atoms. The maximum Gasteiger partial charge on any atom is 0.249 e. The SMILES string of the molecule is Cl.NC(=O)[C@H](O)[C@H](O)[C@H](O)CO. The Hall–Kier alpha value is -0.400. The lowest BCUT2D eigenvalue weighted by atomic mass is 10.1. The Morgan fingerprint density at radius 2 is 1.75 bits per heavy atom. The maximum absolute atomic E-state index is 10.2. The molecule has 0 aliphatic rings. The van der Waals surface area contributed by atoms with Gasteiger partial charge in [0.25, 0.3) is 0 Å². The number of amides is 1. The minimum atomic E-state index is -1.85. The van der Waals surface area contributed by atoms with Crippen molar-refractivity contribution in [2.24, 2.45) is 5.73 Å². The van der Waals surface area contributed by atoms with E-state index in [9.17, 15) is 4.79 Å². The number of aliphatic hydroxyl groups is 4. The number of nitrogens with two attached hydrogens (primary N) is 1. The Morgan fingerprint density at radius 3 is 2.00 bits per heavy atom. The van der Waals surface area contributed by atoms with Crippen LogP contribution in [0.15, 0.2) is 0 Å². The molecule has 0 aliphatic heterocycles. The van der Waals surface area contributed by atoms with Crippen molar-refractivity contribution in [1.29, 1.82) is 0 Å². The van der Waals surface area contributed by atoms with Crippen molar-refractivity contribution >= 4 is 18.3 Å². The van der Waals surface area contributed by atoms with Crippen LogP contribution in [0.5, 0.6) is 0 Å². The summed E-state index contributed by atoms with van der Waals surface area (Å²) in [7, 11) is 0. The first-order chi connectivity index (χ1) is 5.00. The summed E-state index contributed by atoms with van der Waals surface area (Å²) in [6, 6.07) is 0. The number of rotatable bonds is 4. The predicted octanol–water partition coefficient (Wildman–Crippen LogP) is -3.03. The fourth-order valence-corrected chi connectivity index (χ4v) is 0.487. The Morgan fingerprint density at radius 1 is 1.33 bits per heavy atom. The molecule has 0 saturated heterocycles. The first-order valence-electron chi connectivity index (χ1n) is 2.95. The van der Waals surface area contributed by atoms with Crippen molar-refractivity contribution in [3.8, 4) is 0 Å². The molecule has 0 aromatic carbocycles. The molecular formula is C5H12ClNO5. The molecule has 0 aliphatic carbocycles. The van der Waals surface area contributed by atoms with Gasteiger partial charge in [0.1, 0.15) is 12.2 Å². The topological polar surface area (TPSA) is 124 Å². The van der Waals surface area contributed by atoms with Crippen molar-refractivity contribution in [2.75, 3.05) is 6.61 Å². The third kappa shape index (κ3) is 3.84. The van der Waals surface area contributed by atoms with Gasteiger partial charge in [-0.1, -0.05) is 0 Å². The zero-order valence-corrected chi connectivity index (χ0v) is 6.94. The fourth-order valence-electron chi connectivity index (χ4n) is 0.487. The summed E-state index contributed by atoms with van der Waals surface area (Å²) in [6.07, 6.45) is -5.15. The monoisotopic (exact) mass is 201 g/mol. The number of aliphatic hydroxyl groups excluding tert-OH is 4. The van der Waals surface area contributed by atoms with Crippen molar-refractivity contribution < 1.29 is 25.2 Å². The van der Waals surface area contributed by atoms with Crippen LogP contribution in [0.25, 0.3) is 0 Å². The number of carbonyl (C=O) groups excluding carboxylic acids is 1. The van der Waals surface area contributed by atoms with E-state index >= 15 is 0 Å². The lowest BCUT2D eigenvalue weighted by Crippen LogP contribution is -2.46. The van der Waals surface area contributed by atoms with Gasteiger partial charge >= 0.3 is 0 Å². The molecule has 6 nitrogen and oxygen atoms in total. The van der Waals surface area contributed by atoms with Crippen LogP contribution in [-0.4, -0.2) is 51.3 Å². The number of carbonyl (C=O) groups is 1. The van der Waals surface area contributed by atoms with E-state index in [0.717, 1.165) is 0 Å². The van der Waals surface area contributed by atoms with Crippen LogP contribution in [0.4, 0.5) is 0 Å². The van der Waals surface area contributed by atoms with Gasteiger partial charge in [0.05, 0.1) is 6.61 Å². The Kier molecular flexibility index (Phi) is 7.25. The zero-order chi connectivity index (χ0) is 9.02. The highest BCUT2D eigenvalue weighted by atomic mass is 35.5. The van der Waals surface area contributed by atoms with E-state index in [0.29, 0.717) is 0 Å². The largest absolute Gasteiger partial charge is 0.394 e. The molecule has 0 fully saturated rings. The number of hydrogen-bond acceptors (Lipinski definition) is 5. The van der Waals surface area contributed by atoms with E-state index in [-0.39, 0.29) is 12.4 Å². The Balaban J connectivity index is 0. The van der Waals surface area contributed by atoms with Gasteiger partial charge < -0.3 is 26.2 Å². The smallest absolute Gasteiger partial charge is 0.249 e. The fraction of sp³-hybridized carbons (Fsp3) is 0.800. The molecule has 0 spiro atoms. The highest BCUT2D eigenvalue weighted by molar-refractivity contribution is 5.85. The summed E-state index contributed by atoms with van der Waals surface area (Å²) in [6.45, 7) is -0.745. The summed E-state index contributed by atoms with van der Waals surface area (Å²) in [5.41, 5.74) is 4.59. The normalized spacial score (nSPS) is 17.3. The molecule has 74 valence electrons. The molecule has 0 heterocycles. The Bertz CT molecular complexity index is 144. The molecule has 0 radical (unpaired) electrons. The van der Waals surface area contributed by atoms with E-state index < -0.39 is 30.8 Å². The number of halogens is 1. The quantitative estimate of drug-likeness (QED) is 0.331. The summed E-state index contributed by atoms with van der Waals surface area (Å²) < 4.78 is 0. The van der Waals surface area contributed by atoms with E-state index in [1.807, 2.05) is 0 Å². The van der Waals surface area contributed by atoms with Gasteiger partial charge in [0, 0.05) is 0 Å². The van der Waals surface area contributed by atoms with Crippen LogP contribution < -0.4 is 5.73 Å². The first kappa shape index (κ1) is 14.1. The summed E-state index contributed by atoms with van der Waals surface area (Å²) in [5, 5.41) is 34.4. The lowest BCUT2D eigenvalue weighted by molar-refractivity contribution is -0.139. The third-order valence-electron chi connectivity index (χ3n) is 1.20. The highest BCUT2D eigenvalue weighted by Gasteiger charge is 2.27. The van der Waals surface area contributed by atoms with Crippen LogP contribution in [0.1, 0.15) is 0 Å². The molecule has 1 amide bonds. The molecule has 3 atom stereocenters. The van der Waals surface area contributed by atoms with E-state index in [2.05, 4.69) is 5.73 Å². The van der Waals surface area contributed by atoms with Gasteiger partial charge in [-0.3, -0.25) is 4.79 Å². The molecule has 0 rings (SSSR count). The maximum atomic E-state index is 10.2. The Labute approximate surface area is 75.0 Å². The van der Waals surface area contributed by atoms with Crippen LogP contribution in [0.3, 0.4) is 0 Å². The van der Waals surface area contributed by atoms with Crippen LogP contribution in [-0.2, 0) is 4.79 Å². The summed E-state index contributed by atoms with van der Waals surface area (Å²) in [4.78, 5) is 10.2. The van der Waals surface area contributed by atoms with Crippen LogP contribution in [0, 0.1) is 0 Å². The van der Waals surface area contributed by atoms with Gasteiger partial charge in [-0.25, -0.2) is 0 Å². The van der Waals surface area contributed by atoms with Crippen molar-refractivity contribution in [2.45, 2.75) is 18.3 Å². The minimum absolute atomic E-state index is 0. The van der Waals surface area contributed by atoms with Crippen molar-refractivity contribution in [1.82, 2.24) is 0 Å². The standard InChI is InChI=1S/C5H11NO5.ClH/c6-5(11)4(10)3(9)2(8)1-7;/h2-4,7-10H,1H2,(H2,6,11);1H/t2-,3-,4-;/m1./s1. The molecular weight excluding hydrogens is 190 g/mol. The second-order valence-electron chi connectivity index (χ2n) is 2.09. The molecule has 0 bridgehead atoms. The van der Waals surface area contributed by atoms with Gasteiger partial charge in [0.2, 0.25) is 5.91 Å². The van der Waals surface area contributed by atoms with Gasteiger partial charge in [0.15, 0.2) is 6.10 Å². The number of primary amides is 1. The molecule has 0 aromatic rings. The van der Waals surface area contributed by atoms with Gasteiger partial charge in [-0.05, 0) is 0 Å². The van der Waals surface area contributed by atoms with Crippen LogP contribution in [0.2, 0.25) is 0 Å². The number of hydrogen-bond donors (Lipinski definition) is 5. The van der Waals surface area contributed by atoms with Gasteiger partial charge in [-0.2, -0.15) is 0 Å². The van der Waals surface area contributed by atoms with Crippen LogP contribution >= 0.6 is 12.4 Å². The molecule has 0 aromatic heterocycles. The molecule has 7 heteroatoms. The third-order valence-corrected chi connectivity index (χ3v) is 1.20. The lowest BCUT2D eigenvalue weighted by Gasteiger charge is -2.18. The second kappa shape index (κ2) is 6.15. The van der Waals surface area contributed by atoms with Gasteiger partial charge in [-0.15, -0.1) is 12.4 Å². The summed E-state index contributed by atoms with van der Waals surface area (Å²) >= 11 is 0. The molecule has 0 unspecified atom stereocenters. The minimum Gasteiger partial charge on any atom is -0.394 e. The van der Waals surface area contributed by atoms with Crippen molar-refractivity contribution in [3.05, 3.63) is 0 Å². The zero-order valence-electron chi connectivity index (χ0n) is 6.12. The first-order valence-corrected chi connectivity index (χ1v) is 2.95. The summed E-state index contributed by atoms with van der Waals surface area (Å²) in [5.74, 6) is -1.15. The molecule has 0 saturated carbocycles. The van der Waals surface area contributed by atoms with E-state index in [1.165, 1.54) is 0 Å². The van der Waals surface area contributed by atoms with E-state index in [4.69, 9.17) is 20.4 Å². The average Bonchev–Trinajstić information content (AvgIpc) is 2.00. The molecule has 6 N–H and O–H groups in total. The highest BCUT2D eigenvalue weighted by Crippen LogP contribution is 1.98. The average molecular weight is 202 g/mol.